The Morgan fingerprint density at radius 2 is 1.67 bits per heavy atom. The van der Waals surface area contributed by atoms with Crippen LogP contribution in [-0.2, 0) is 10.1 Å². The van der Waals surface area contributed by atoms with Gasteiger partial charge in [-0.15, -0.1) is 0 Å². The monoisotopic (exact) mass is 278 g/mol. The van der Waals surface area contributed by atoms with Crippen LogP contribution in [0.25, 0.3) is 0 Å². The molecule has 0 saturated carbocycles. The summed E-state index contributed by atoms with van der Waals surface area (Å²) in [6, 6.07) is 4.13. The van der Waals surface area contributed by atoms with E-state index in [1.807, 2.05) is 0 Å². The molecule has 0 heterocycles. The molecule has 78 valence electrons. The van der Waals surface area contributed by atoms with Crippen molar-refractivity contribution in [2.45, 2.75) is 5.44 Å². The number of aliphatic hydroxyl groups excluding tert-OH is 1. The molecule has 1 aromatic rings. The van der Waals surface area contributed by atoms with Gasteiger partial charge in [0.1, 0.15) is 10.1 Å². The third-order valence-electron chi connectivity index (χ3n) is 1.52. The number of halogens is 2. The summed E-state index contributed by atoms with van der Waals surface area (Å²) in [5, 5.41) is 9.02. The van der Waals surface area contributed by atoms with Gasteiger partial charge in [0, 0.05) is 15.6 Å². The Morgan fingerprint density at radius 3 is 2.00 bits per heavy atom. The fourth-order valence-corrected chi connectivity index (χ4v) is 2.17. The first kappa shape index (κ1) is 15.7. The van der Waals surface area contributed by atoms with Crippen molar-refractivity contribution in [2.24, 2.45) is 0 Å². The molecule has 1 rings (SSSR count). The van der Waals surface area contributed by atoms with Crippen LogP contribution in [0.5, 0.6) is 0 Å². The van der Waals surface area contributed by atoms with Crippen molar-refractivity contribution < 1.29 is 47.6 Å². The molecule has 1 aromatic carbocycles. The molecule has 1 N–H and O–H groups in total. The molecule has 0 bridgehead atoms. The number of benzene rings is 1. The summed E-state index contributed by atoms with van der Waals surface area (Å²) < 4.78 is 31.5. The third kappa shape index (κ3) is 3.87. The average molecular weight is 279 g/mol. The Balaban J connectivity index is 0.00000196. The second kappa shape index (κ2) is 5.84. The van der Waals surface area contributed by atoms with Crippen LogP contribution < -0.4 is 29.6 Å². The summed E-state index contributed by atoms with van der Waals surface area (Å²) in [4.78, 5) is 0. The van der Waals surface area contributed by atoms with Gasteiger partial charge in [0.05, 0.1) is 0 Å². The van der Waals surface area contributed by atoms with Crippen LogP contribution in [-0.4, -0.2) is 18.1 Å². The van der Waals surface area contributed by atoms with Crippen LogP contribution in [0.3, 0.4) is 0 Å². The fraction of sp³-hybridized carbons (Fsp3) is 0.143. The quantitative estimate of drug-likeness (QED) is 0.530. The van der Waals surface area contributed by atoms with Gasteiger partial charge in [0.15, 0.2) is 5.44 Å². The summed E-state index contributed by atoms with van der Waals surface area (Å²) in [7, 11) is -4.86. The Labute approximate surface area is 119 Å². The molecule has 1 unspecified atom stereocenters. The van der Waals surface area contributed by atoms with E-state index in [9.17, 15) is 13.0 Å². The van der Waals surface area contributed by atoms with Crippen LogP contribution in [0.2, 0.25) is 10.0 Å². The zero-order chi connectivity index (χ0) is 10.9. The predicted molar refractivity (Wildman–Crippen MR) is 51.1 cm³/mol. The van der Waals surface area contributed by atoms with E-state index in [0.717, 1.165) is 0 Å². The molecular weight excluding hydrogens is 274 g/mol. The Morgan fingerprint density at radius 1 is 1.27 bits per heavy atom. The number of hydrogen-bond donors (Lipinski definition) is 1. The number of rotatable bonds is 2. The van der Waals surface area contributed by atoms with Crippen molar-refractivity contribution in [1.29, 1.82) is 0 Å². The zero-order valence-corrected chi connectivity index (χ0v) is 12.0. The smallest absolute Gasteiger partial charge is 0.746 e. The van der Waals surface area contributed by atoms with Gasteiger partial charge in [-0.05, 0) is 12.1 Å². The molecule has 0 radical (unpaired) electrons. The molecule has 0 aliphatic carbocycles. The molecule has 4 nitrogen and oxygen atoms in total. The first-order valence-electron chi connectivity index (χ1n) is 3.40. The standard InChI is InChI=1S/C7H6Cl2O4S.Na/c8-4-2-1-3-5(9)6(4)7(10)14(11,12)13;/h1-3,7,10H,(H,11,12,13);/q;+1/p-1. The minimum Gasteiger partial charge on any atom is -0.746 e. The largest absolute Gasteiger partial charge is 1.00 e. The maximum atomic E-state index is 10.5. The molecule has 8 heteroatoms. The second-order valence-electron chi connectivity index (χ2n) is 2.48. The van der Waals surface area contributed by atoms with E-state index in [1.54, 1.807) is 0 Å². The first-order valence-corrected chi connectivity index (χ1v) is 5.63. The van der Waals surface area contributed by atoms with Crippen molar-refractivity contribution in [3.8, 4) is 0 Å². The Kier molecular flexibility index (Phi) is 6.10. The van der Waals surface area contributed by atoms with Gasteiger partial charge in [-0.3, -0.25) is 0 Å². The molecule has 0 amide bonds. The van der Waals surface area contributed by atoms with Crippen LogP contribution in [0.15, 0.2) is 18.2 Å². The topological polar surface area (TPSA) is 77.4 Å². The molecule has 0 aliphatic heterocycles. The van der Waals surface area contributed by atoms with Gasteiger partial charge in [-0.2, -0.15) is 0 Å². The van der Waals surface area contributed by atoms with Crippen molar-refractivity contribution in [3.05, 3.63) is 33.8 Å². The summed E-state index contributed by atoms with van der Waals surface area (Å²) in [5.41, 5.74) is -2.52. The van der Waals surface area contributed by atoms with Crippen LogP contribution in [0.4, 0.5) is 0 Å². The van der Waals surface area contributed by atoms with Crippen LogP contribution in [0, 0.1) is 0 Å². The molecule has 0 saturated heterocycles. The SMILES string of the molecule is O=S(=O)([O-])C(O)c1c(Cl)cccc1Cl.[Na+]. The van der Waals surface area contributed by atoms with Crippen molar-refractivity contribution in [3.63, 3.8) is 0 Å². The van der Waals surface area contributed by atoms with Gasteiger partial charge in [-0.1, -0.05) is 29.3 Å². The molecule has 0 spiro atoms. The summed E-state index contributed by atoms with van der Waals surface area (Å²) in [6.07, 6.45) is 0. The number of aliphatic hydroxyl groups is 1. The summed E-state index contributed by atoms with van der Waals surface area (Å²) in [5.74, 6) is 0. The molecule has 0 fully saturated rings. The molecular formula is C7H5Cl2NaO4S. The molecule has 0 aromatic heterocycles. The van der Waals surface area contributed by atoms with Crippen molar-refractivity contribution >= 4 is 33.3 Å². The zero-order valence-electron chi connectivity index (χ0n) is 7.65. The number of hydrogen-bond acceptors (Lipinski definition) is 4. The van der Waals surface area contributed by atoms with E-state index in [1.165, 1.54) is 18.2 Å². The van der Waals surface area contributed by atoms with Crippen molar-refractivity contribution in [1.82, 2.24) is 0 Å². The summed E-state index contributed by atoms with van der Waals surface area (Å²) >= 11 is 11.2. The van der Waals surface area contributed by atoms with Crippen molar-refractivity contribution in [2.75, 3.05) is 0 Å². The maximum absolute atomic E-state index is 10.5. The van der Waals surface area contributed by atoms with Crippen LogP contribution >= 0.6 is 23.2 Å². The van der Waals surface area contributed by atoms with Gasteiger partial charge >= 0.3 is 29.6 Å². The van der Waals surface area contributed by atoms with E-state index >= 15 is 0 Å². The van der Waals surface area contributed by atoms with E-state index < -0.39 is 15.6 Å². The molecule has 1 atom stereocenters. The molecule has 0 aliphatic rings. The normalized spacial score (nSPS) is 13.1. The van der Waals surface area contributed by atoms with E-state index in [-0.39, 0.29) is 45.2 Å². The van der Waals surface area contributed by atoms with E-state index in [0.29, 0.717) is 0 Å². The predicted octanol–water partition coefficient (Wildman–Crippen LogP) is -1.47. The Hall–Kier alpha value is 0.670. The van der Waals surface area contributed by atoms with E-state index in [2.05, 4.69) is 0 Å². The third-order valence-corrected chi connectivity index (χ3v) is 2.96. The molecule has 15 heavy (non-hydrogen) atoms. The fourth-order valence-electron chi connectivity index (χ4n) is 0.891. The van der Waals surface area contributed by atoms with Gasteiger partial charge in [-0.25, -0.2) is 8.42 Å². The van der Waals surface area contributed by atoms with E-state index in [4.69, 9.17) is 28.3 Å². The second-order valence-corrected chi connectivity index (χ2v) is 4.73. The summed E-state index contributed by atoms with van der Waals surface area (Å²) in [6.45, 7) is 0. The van der Waals surface area contributed by atoms with Gasteiger partial charge in [0.25, 0.3) is 0 Å². The average Bonchev–Trinajstić information content (AvgIpc) is 2.01. The maximum Gasteiger partial charge on any atom is 1.00 e. The Bertz CT molecular complexity index is 428. The minimum absolute atomic E-state index is 0. The first-order chi connectivity index (χ1) is 6.34. The van der Waals surface area contributed by atoms with Gasteiger partial charge < -0.3 is 9.66 Å². The van der Waals surface area contributed by atoms with Gasteiger partial charge in [0.2, 0.25) is 0 Å². The van der Waals surface area contributed by atoms with Crippen LogP contribution in [0.1, 0.15) is 11.0 Å². The minimum atomic E-state index is -4.86.